The van der Waals surface area contributed by atoms with Crippen LogP contribution in [-0.2, 0) is 20.8 Å². The summed E-state index contributed by atoms with van der Waals surface area (Å²) in [6.45, 7) is 13.7. The monoisotopic (exact) mass is 667 g/mol. The number of aryl methyl sites for hydroxylation is 2. The van der Waals surface area contributed by atoms with Crippen LogP contribution < -0.4 is 10.1 Å². The van der Waals surface area contributed by atoms with Crippen LogP contribution >= 0.6 is 0 Å². The Balaban J connectivity index is 1.60. The number of carbonyl (C=O) groups is 3. The summed E-state index contributed by atoms with van der Waals surface area (Å²) < 4.78 is 38.8. The molecule has 3 aromatic rings. The van der Waals surface area contributed by atoms with Crippen molar-refractivity contribution in [3.05, 3.63) is 76.2 Å². The number of methoxy groups -OCH3 is 2. The lowest BCUT2D eigenvalue weighted by Gasteiger charge is -2.41. The number of halogens is 1. The van der Waals surface area contributed by atoms with E-state index < -0.39 is 23.6 Å². The molecule has 13 heteroatoms. The number of rotatable bonds is 11. The average molecular weight is 668 g/mol. The van der Waals surface area contributed by atoms with Crippen LogP contribution in [0.5, 0.6) is 5.75 Å². The van der Waals surface area contributed by atoms with Gasteiger partial charge >= 0.3 is 12.1 Å². The first kappa shape index (κ1) is 36.3. The highest BCUT2D eigenvalue weighted by Gasteiger charge is 2.33. The number of hydrogen-bond donors (Lipinski definition) is 1. The molecule has 2 heterocycles. The lowest BCUT2D eigenvalue weighted by molar-refractivity contribution is -0.00302. The van der Waals surface area contributed by atoms with Gasteiger partial charge in [-0.05, 0) is 76.4 Å². The van der Waals surface area contributed by atoms with Crippen LogP contribution in [0.1, 0.15) is 71.2 Å². The summed E-state index contributed by atoms with van der Waals surface area (Å²) in [6.07, 6.45) is 0.647. The van der Waals surface area contributed by atoms with Crippen molar-refractivity contribution in [2.24, 2.45) is 0 Å². The number of nitrogens with one attached hydrogen (secondary N) is 1. The molecule has 12 nitrogen and oxygen atoms in total. The van der Waals surface area contributed by atoms with Crippen LogP contribution in [0, 0.1) is 19.7 Å². The number of nitrogens with zero attached hydrogens (tertiary/aromatic N) is 4. The number of esters is 1. The first-order valence-corrected chi connectivity index (χ1v) is 15.9. The molecule has 260 valence electrons. The van der Waals surface area contributed by atoms with Gasteiger partial charge in [0.05, 0.1) is 20.3 Å². The van der Waals surface area contributed by atoms with Crippen molar-refractivity contribution in [3.8, 4) is 5.75 Å². The Kier molecular flexibility index (Phi) is 11.8. The zero-order valence-corrected chi connectivity index (χ0v) is 29.0. The van der Waals surface area contributed by atoms with Gasteiger partial charge in [-0.25, -0.2) is 14.0 Å². The molecule has 0 unspecified atom stereocenters. The highest BCUT2D eigenvalue weighted by atomic mass is 19.1. The average Bonchev–Trinajstić information content (AvgIpc) is 3.46. The minimum absolute atomic E-state index is 0.0413. The molecule has 1 aromatic heterocycles. The second-order valence-corrected chi connectivity index (χ2v) is 13.0. The van der Waals surface area contributed by atoms with E-state index in [2.05, 4.69) is 15.3 Å². The lowest BCUT2D eigenvalue weighted by Crippen LogP contribution is -2.55. The van der Waals surface area contributed by atoms with E-state index in [1.54, 1.807) is 61.0 Å². The van der Waals surface area contributed by atoms with Gasteiger partial charge in [-0.2, -0.15) is 5.10 Å². The van der Waals surface area contributed by atoms with E-state index >= 15 is 0 Å². The van der Waals surface area contributed by atoms with E-state index in [0.29, 0.717) is 61.8 Å². The van der Waals surface area contributed by atoms with Gasteiger partial charge in [-0.1, -0.05) is 12.1 Å². The fraction of sp³-hybridized carbons (Fsp3) is 0.486. The van der Waals surface area contributed by atoms with Crippen molar-refractivity contribution in [1.29, 1.82) is 0 Å². The van der Waals surface area contributed by atoms with Crippen molar-refractivity contribution < 1.29 is 37.7 Å². The third-order valence-electron chi connectivity index (χ3n) is 7.98. The summed E-state index contributed by atoms with van der Waals surface area (Å²) in [6, 6.07) is 9.46. The molecule has 1 N–H and O–H groups in total. The summed E-state index contributed by atoms with van der Waals surface area (Å²) in [5.41, 5.74) is 1.27. The van der Waals surface area contributed by atoms with E-state index in [4.69, 9.17) is 18.9 Å². The van der Waals surface area contributed by atoms with Gasteiger partial charge in [0, 0.05) is 57.2 Å². The predicted molar refractivity (Wildman–Crippen MR) is 178 cm³/mol. The van der Waals surface area contributed by atoms with Crippen molar-refractivity contribution >= 4 is 23.8 Å². The van der Waals surface area contributed by atoms with Crippen LogP contribution in [0.15, 0.2) is 42.6 Å². The largest absolute Gasteiger partial charge is 0.483 e. The van der Waals surface area contributed by atoms with Crippen molar-refractivity contribution in [3.63, 3.8) is 0 Å². The number of aromatic nitrogens is 2. The van der Waals surface area contributed by atoms with Gasteiger partial charge in [0.15, 0.2) is 5.82 Å². The molecule has 1 aliphatic heterocycles. The number of hydrogen-bond acceptors (Lipinski definition) is 9. The molecular formula is C35H46FN5O7. The van der Waals surface area contributed by atoms with Crippen LogP contribution in [0.4, 0.5) is 15.0 Å². The first-order valence-electron chi connectivity index (χ1n) is 15.9. The third-order valence-corrected chi connectivity index (χ3v) is 7.98. The molecular weight excluding hydrogens is 621 g/mol. The summed E-state index contributed by atoms with van der Waals surface area (Å²) in [7, 11) is 2.84. The number of ether oxygens (including phenoxy) is 4. The van der Waals surface area contributed by atoms with Crippen molar-refractivity contribution in [2.75, 3.05) is 52.3 Å². The Morgan fingerprint density at radius 2 is 1.79 bits per heavy atom. The molecule has 1 fully saturated rings. The summed E-state index contributed by atoms with van der Waals surface area (Å²) in [5, 5.41) is 7.11. The minimum atomic E-state index is -0.709. The van der Waals surface area contributed by atoms with E-state index in [-0.39, 0.29) is 34.8 Å². The second kappa shape index (κ2) is 15.6. The molecule has 2 aromatic carbocycles. The van der Waals surface area contributed by atoms with Gasteiger partial charge in [-0.3, -0.25) is 14.4 Å². The maximum atomic E-state index is 14.8. The normalized spacial score (nSPS) is 15.9. The van der Waals surface area contributed by atoms with E-state index in [1.807, 2.05) is 27.7 Å². The van der Waals surface area contributed by atoms with Crippen LogP contribution in [-0.4, -0.2) is 96.2 Å². The fourth-order valence-corrected chi connectivity index (χ4v) is 5.41. The molecule has 0 spiro atoms. The Labute approximate surface area is 281 Å². The molecule has 1 aliphatic rings. The molecule has 0 aliphatic carbocycles. The molecule has 0 radical (unpaired) electrons. The Hall–Kier alpha value is -4.49. The molecule has 2 amide bonds. The number of anilines is 1. The number of carbonyl (C=O) groups excluding carboxylic acids is 3. The molecule has 48 heavy (non-hydrogen) atoms. The Morgan fingerprint density at radius 1 is 1.04 bits per heavy atom. The zero-order chi connectivity index (χ0) is 35.2. The zero-order valence-electron chi connectivity index (χ0n) is 29.0. The quantitative estimate of drug-likeness (QED) is 0.268. The number of benzene rings is 2. The highest BCUT2D eigenvalue weighted by molar-refractivity contribution is 6.07. The van der Waals surface area contributed by atoms with Crippen LogP contribution in [0.3, 0.4) is 0 Å². The van der Waals surface area contributed by atoms with E-state index in [1.165, 1.54) is 19.2 Å². The molecule has 0 bridgehead atoms. The van der Waals surface area contributed by atoms with Gasteiger partial charge in [0.2, 0.25) is 0 Å². The summed E-state index contributed by atoms with van der Waals surface area (Å²) in [4.78, 5) is 43.0. The fourth-order valence-electron chi connectivity index (χ4n) is 5.41. The van der Waals surface area contributed by atoms with Crippen LogP contribution in [0.25, 0.3) is 0 Å². The van der Waals surface area contributed by atoms with Gasteiger partial charge < -0.3 is 29.2 Å². The number of amides is 2. The van der Waals surface area contributed by atoms with Crippen LogP contribution in [0.2, 0.25) is 0 Å². The maximum absolute atomic E-state index is 14.8. The second-order valence-electron chi connectivity index (χ2n) is 13.0. The Morgan fingerprint density at radius 3 is 2.44 bits per heavy atom. The standard InChI is InChI=1S/C35H46FN5O7/c1-22-9-10-25(18-28(22)36)30(21-39-13-14-41(24(3)20-39)34(44)48-35(4,5)6)47-29-17-23(2)26(19-27(29)33(43)46-8)32(42)37-31-11-12-40(38-31)15-16-45-7/h9-12,17-19,24,30H,13-16,20-21H2,1-8H3,(H,37,38,42)/t24-,30-/m1/s1. The maximum Gasteiger partial charge on any atom is 0.410 e. The van der Waals surface area contributed by atoms with Crippen molar-refractivity contribution in [2.45, 2.75) is 65.8 Å². The molecule has 2 atom stereocenters. The molecule has 1 saturated heterocycles. The summed E-state index contributed by atoms with van der Waals surface area (Å²) in [5.74, 6) is -1.01. The van der Waals surface area contributed by atoms with E-state index in [0.717, 1.165) is 0 Å². The van der Waals surface area contributed by atoms with Crippen molar-refractivity contribution in [1.82, 2.24) is 19.6 Å². The molecule has 4 rings (SSSR count). The summed E-state index contributed by atoms with van der Waals surface area (Å²) >= 11 is 0. The number of piperazine rings is 1. The van der Waals surface area contributed by atoms with E-state index in [9.17, 15) is 18.8 Å². The van der Waals surface area contributed by atoms with Gasteiger partial charge in [-0.15, -0.1) is 0 Å². The third kappa shape index (κ3) is 9.32. The lowest BCUT2D eigenvalue weighted by atomic mass is 10.0. The topological polar surface area (TPSA) is 124 Å². The minimum Gasteiger partial charge on any atom is -0.483 e. The smallest absolute Gasteiger partial charge is 0.410 e. The Bertz CT molecular complexity index is 1620. The first-order chi connectivity index (χ1) is 22.7. The van der Waals surface area contributed by atoms with Gasteiger partial charge in [0.25, 0.3) is 5.91 Å². The molecule has 0 saturated carbocycles. The highest BCUT2D eigenvalue weighted by Crippen LogP contribution is 2.31. The SMILES string of the molecule is COCCn1ccc(NC(=O)c2cc(C(=O)OC)c(O[C@H](CN3CCN(C(=O)OC(C)(C)C)[C@H](C)C3)c3ccc(C)c(F)c3)cc2C)n1. The predicted octanol–water partition coefficient (Wildman–Crippen LogP) is 5.39. The van der Waals surface area contributed by atoms with Gasteiger partial charge in [0.1, 0.15) is 28.8 Å².